The third-order valence-electron chi connectivity index (χ3n) is 5.97. The van der Waals surface area contributed by atoms with Gasteiger partial charge in [-0.1, -0.05) is 0 Å². The number of nitrogens with zero attached hydrogens (tertiary/aromatic N) is 6. The van der Waals surface area contributed by atoms with Crippen molar-refractivity contribution in [2.45, 2.75) is 25.4 Å². The molecule has 0 aliphatic carbocycles. The monoisotopic (exact) mass is 418 g/mol. The van der Waals surface area contributed by atoms with E-state index in [-0.39, 0.29) is 23.9 Å². The first kappa shape index (κ1) is 19.3. The normalized spacial score (nSPS) is 22.2. The molecule has 1 atom stereocenters. The number of fused-ring (bicyclic) bond motifs is 4. The van der Waals surface area contributed by atoms with E-state index in [0.717, 1.165) is 32.5 Å². The van der Waals surface area contributed by atoms with Crippen LogP contribution in [-0.4, -0.2) is 56.1 Å². The Morgan fingerprint density at radius 1 is 1.35 bits per heavy atom. The standard InChI is InChI=1S/C21H22N8O2/c22-5-1-13-9-25-20-18(19(23)27-29(20)11-13)21(30)26-15-10-24-6-2-16(15)31-17-12-28-7-3-14(17)4-8-28/h2,6,9-11,14,17H,1,3-4,7-8,12H2,(H2,23,27)(H,26,30)/t17-/m0/s1. The van der Waals surface area contributed by atoms with Gasteiger partial charge in [-0.25, -0.2) is 9.50 Å². The molecule has 0 radical (unpaired) electrons. The molecule has 10 nitrogen and oxygen atoms in total. The van der Waals surface area contributed by atoms with Gasteiger partial charge in [0.2, 0.25) is 0 Å². The van der Waals surface area contributed by atoms with Crippen LogP contribution in [0.4, 0.5) is 11.5 Å². The SMILES string of the molecule is N#CCc1cnc2c(C(=O)Nc3cnccc3O[C@H]3CN4CCC3CC4)c(N)nn2c1. The lowest BCUT2D eigenvalue weighted by Crippen LogP contribution is -2.52. The number of nitriles is 1. The molecule has 0 unspecified atom stereocenters. The minimum absolute atomic E-state index is 0.0582. The minimum atomic E-state index is -0.445. The van der Waals surface area contributed by atoms with Gasteiger partial charge in [-0.2, -0.15) is 5.26 Å². The first-order valence-electron chi connectivity index (χ1n) is 10.3. The molecule has 2 bridgehead atoms. The summed E-state index contributed by atoms with van der Waals surface area (Å²) in [5.74, 6) is 0.729. The Hall–Kier alpha value is -3.71. The number of hydrogen-bond donors (Lipinski definition) is 2. The van der Waals surface area contributed by atoms with E-state index in [1.54, 1.807) is 30.9 Å². The number of nitrogen functional groups attached to an aromatic ring is 1. The molecule has 31 heavy (non-hydrogen) atoms. The van der Waals surface area contributed by atoms with Crippen molar-refractivity contribution in [3.8, 4) is 11.8 Å². The summed E-state index contributed by atoms with van der Waals surface area (Å²) in [5, 5.41) is 15.9. The molecule has 10 heteroatoms. The van der Waals surface area contributed by atoms with E-state index >= 15 is 0 Å². The van der Waals surface area contributed by atoms with Crippen molar-refractivity contribution in [2.24, 2.45) is 5.92 Å². The molecule has 1 amide bonds. The van der Waals surface area contributed by atoms with Crippen molar-refractivity contribution in [1.82, 2.24) is 24.5 Å². The number of rotatable bonds is 5. The van der Waals surface area contributed by atoms with Crippen LogP contribution in [0.15, 0.2) is 30.9 Å². The summed E-state index contributed by atoms with van der Waals surface area (Å²) in [6.07, 6.45) is 8.96. The maximum absolute atomic E-state index is 13.1. The lowest BCUT2D eigenvalue weighted by molar-refractivity contribution is -0.00745. The van der Waals surface area contributed by atoms with Gasteiger partial charge in [0.15, 0.2) is 11.5 Å². The van der Waals surface area contributed by atoms with Gasteiger partial charge in [-0.05, 0) is 31.8 Å². The predicted molar refractivity (Wildman–Crippen MR) is 112 cm³/mol. The molecule has 6 rings (SSSR count). The van der Waals surface area contributed by atoms with Gasteiger partial charge in [0.05, 0.1) is 18.7 Å². The van der Waals surface area contributed by atoms with Crippen molar-refractivity contribution >= 4 is 23.1 Å². The number of carbonyl (C=O) groups is 1. The van der Waals surface area contributed by atoms with E-state index in [2.05, 4.69) is 31.4 Å². The summed E-state index contributed by atoms with van der Waals surface area (Å²) in [7, 11) is 0. The molecule has 3 fully saturated rings. The summed E-state index contributed by atoms with van der Waals surface area (Å²) in [6, 6.07) is 3.82. The predicted octanol–water partition coefficient (Wildman–Crippen LogP) is 1.50. The fourth-order valence-electron chi connectivity index (χ4n) is 4.36. The molecule has 158 valence electrons. The highest BCUT2D eigenvalue weighted by Crippen LogP contribution is 2.33. The highest BCUT2D eigenvalue weighted by molar-refractivity contribution is 6.11. The van der Waals surface area contributed by atoms with Crippen molar-refractivity contribution in [3.05, 3.63) is 42.0 Å². The maximum Gasteiger partial charge on any atom is 0.263 e. The van der Waals surface area contributed by atoms with Crippen LogP contribution in [-0.2, 0) is 6.42 Å². The van der Waals surface area contributed by atoms with Crippen LogP contribution in [0, 0.1) is 17.2 Å². The third kappa shape index (κ3) is 3.64. The number of anilines is 2. The summed E-state index contributed by atoms with van der Waals surface area (Å²) in [6.45, 7) is 3.15. The highest BCUT2D eigenvalue weighted by Gasteiger charge is 2.36. The summed E-state index contributed by atoms with van der Waals surface area (Å²) in [4.78, 5) is 23.9. The van der Waals surface area contributed by atoms with Crippen LogP contribution in [0.5, 0.6) is 5.75 Å². The number of pyridine rings is 1. The average Bonchev–Trinajstić information content (AvgIpc) is 3.11. The van der Waals surface area contributed by atoms with Crippen LogP contribution in [0.3, 0.4) is 0 Å². The van der Waals surface area contributed by atoms with Crippen LogP contribution >= 0.6 is 0 Å². The second kappa shape index (κ2) is 7.85. The molecular formula is C21H22N8O2. The zero-order valence-electron chi connectivity index (χ0n) is 16.9. The number of carbonyl (C=O) groups excluding carboxylic acids is 1. The van der Waals surface area contributed by atoms with Crippen LogP contribution in [0.2, 0.25) is 0 Å². The zero-order valence-corrected chi connectivity index (χ0v) is 16.9. The van der Waals surface area contributed by atoms with Crippen molar-refractivity contribution in [1.29, 1.82) is 5.26 Å². The lowest BCUT2D eigenvalue weighted by atomic mass is 9.86. The Labute approximate surface area is 178 Å². The molecule has 3 saturated heterocycles. The number of piperidine rings is 3. The second-order valence-electron chi connectivity index (χ2n) is 7.95. The maximum atomic E-state index is 13.1. The van der Waals surface area contributed by atoms with Gasteiger partial charge in [0, 0.05) is 36.8 Å². The summed E-state index contributed by atoms with van der Waals surface area (Å²) in [5.41, 5.74) is 7.66. The Balaban J connectivity index is 1.39. The first-order valence-corrected chi connectivity index (χ1v) is 10.3. The van der Waals surface area contributed by atoms with Gasteiger partial charge in [-0.15, -0.1) is 5.10 Å². The molecular weight excluding hydrogens is 396 g/mol. The Kier molecular flexibility index (Phi) is 4.88. The smallest absolute Gasteiger partial charge is 0.263 e. The third-order valence-corrected chi connectivity index (χ3v) is 5.97. The molecule has 0 spiro atoms. The molecule has 0 aromatic carbocycles. The summed E-state index contributed by atoms with van der Waals surface area (Å²) >= 11 is 0. The number of hydrogen-bond acceptors (Lipinski definition) is 8. The van der Waals surface area contributed by atoms with Gasteiger partial charge >= 0.3 is 0 Å². The number of ether oxygens (including phenoxy) is 1. The fourth-order valence-corrected chi connectivity index (χ4v) is 4.36. The van der Waals surface area contributed by atoms with Crippen molar-refractivity contribution in [2.75, 3.05) is 30.7 Å². The molecule has 3 aromatic rings. The second-order valence-corrected chi connectivity index (χ2v) is 7.95. The van der Waals surface area contributed by atoms with Crippen LogP contribution in [0.25, 0.3) is 5.65 Å². The van der Waals surface area contributed by atoms with E-state index < -0.39 is 5.91 Å². The molecule has 0 saturated carbocycles. The van der Waals surface area contributed by atoms with Gasteiger partial charge < -0.3 is 15.8 Å². The lowest BCUT2D eigenvalue weighted by Gasteiger charge is -2.44. The molecule has 6 heterocycles. The van der Waals surface area contributed by atoms with Crippen LogP contribution < -0.4 is 15.8 Å². The van der Waals surface area contributed by atoms with E-state index in [1.807, 2.05) is 0 Å². The fraction of sp³-hybridized carbons (Fsp3) is 0.381. The van der Waals surface area contributed by atoms with E-state index in [0.29, 0.717) is 28.6 Å². The quantitative estimate of drug-likeness (QED) is 0.636. The Bertz CT molecular complexity index is 1180. The number of nitrogens with one attached hydrogen (secondary N) is 1. The zero-order chi connectivity index (χ0) is 21.4. The average molecular weight is 418 g/mol. The topological polar surface area (TPSA) is 134 Å². The molecule has 3 N–H and O–H groups in total. The number of amides is 1. The first-order chi connectivity index (χ1) is 15.1. The molecule has 3 aliphatic rings. The Morgan fingerprint density at radius 3 is 2.94 bits per heavy atom. The van der Waals surface area contributed by atoms with E-state index in [4.69, 9.17) is 15.7 Å². The van der Waals surface area contributed by atoms with Crippen molar-refractivity contribution < 1.29 is 9.53 Å². The minimum Gasteiger partial charge on any atom is -0.487 e. The van der Waals surface area contributed by atoms with E-state index in [9.17, 15) is 4.79 Å². The van der Waals surface area contributed by atoms with Gasteiger partial charge in [0.25, 0.3) is 5.91 Å². The van der Waals surface area contributed by atoms with Crippen LogP contribution in [0.1, 0.15) is 28.8 Å². The highest BCUT2D eigenvalue weighted by atomic mass is 16.5. The van der Waals surface area contributed by atoms with Gasteiger partial charge in [-0.3, -0.25) is 14.7 Å². The largest absolute Gasteiger partial charge is 0.487 e. The summed E-state index contributed by atoms with van der Waals surface area (Å²) < 4.78 is 7.73. The van der Waals surface area contributed by atoms with E-state index in [1.165, 1.54) is 4.52 Å². The van der Waals surface area contributed by atoms with Gasteiger partial charge in [0.1, 0.15) is 23.1 Å². The molecule has 3 aliphatic heterocycles. The van der Waals surface area contributed by atoms with Crippen molar-refractivity contribution in [3.63, 3.8) is 0 Å². The number of nitrogens with two attached hydrogens (primary N) is 1. The Morgan fingerprint density at radius 2 is 2.19 bits per heavy atom. The number of aromatic nitrogens is 4. The molecule has 3 aromatic heterocycles.